The third kappa shape index (κ3) is 7.14. The summed E-state index contributed by atoms with van der Waals surface area (Å²) in [6.45, 7) is 2.44. The molecule has 0 radical (unpaired) electrons. The SMILES string of the molecule is CCC(OC1CCCCC1)C(=O)NCCSCC(=O)O. The molecule has 1 fully saturated rings. The molecule has 1 atom stereocenters. The van der Waals surface area contributed by atoms with Gasteiger partial charge in [0, 0.05) is 12.3 Å². The van der Waals surface area contributed by atoms with E-state index >= 15 is 0 Å². The van der Waals surface area contributed by atoms with E-state index in [9.17, 15) is 9.59 Å². The summed E-state index contributed by atoms with van der Waals surface area (Å²) in [6.07, 6.45) is 6.27. The monoisotopic (exact) mass is 303 g/mol. The predicted octanol–water partition coefficient (Wildman–Crippen LogP) is 2.05. The van der Waals surface area contributed by atoms with Gasteiger partial charge in [-0.15, -0.1) is 11.8 Å². The number of aliphatic carboxylic acids is 1. The van der Waals surface area contributed by atoms with Crippen LogP contribution in [0.5, 0.6) is 0 Å². The Morgan fingerprint density at radius 3 is 2.65 bits per heavy atom. The van der Waals surface area contributed by atoms with Gasteiger partial charge in [0.1, 0.15) is 6.10 Å². The number of hydrogen-bond donors (Lipinski definition) is 2. The van der Waals surface area contributed by atoms with Gasteiger partial charge in [-0.2, -0.15) is 0 Å². The van der Waals surface area contributed by atoms with Gasteiger partial charge in [-0.3, -0.25) is 9.59 Å². The lowest BCUT2D eigenvalue weighted by Gasteiger charge is -2.26. The molecular formula is C14H25NO4S. The van der Waals surface area contributed by atoms with Crippen LogP contribution in [-0.4, -0.2) is 47.2 Å². The van der Waals surface area contributed by atoms with Crippen molar-refractivity contribution in [1.82, 2.24) is 5.32 Å². The Morgan fingerprint density at radius 1 is 1.35 bits per heavy atom. The fourth-order valence-corrected chi connectivity index (χ4v) is 2.86. The molecule has 20 heavy (non-hydrogen) atoms. The van der Waals surface area contributed by atoms with E-state index in [0.717, 1.165) is 12.8 Å². The van der Waals surface area contributed by atoms with Crippen LogP contribution in [-0.2, 0) is 14.3 Å². The fraction of sp³-hybridized carbons (Fsp3) is 0.857. The van der Waals surface area contributed by atoms with Crippen LogP contribution in [0.4, 0.5) is 0 Å². The molecule has 0 aliphatic heterocycles. The van der Waals surface area contributed by atoms with Gasteiger partial charge in [0.05, 0.1) is 11.9 Å². The average molecular weight is 303 g/mol. The van der Waals surface area contributed by atoms with E-state index < -0.39 is 5.97 Å². The molecule has 0 aromatic rings. The summed E-state index contributed by atoms with van der Waals surface area (Å²) in [5, 5.41) is 11.3. The van der Waals surface area contributed by atoms with E-state index in [1.165, 1.54) is 31.0 Å². The van der Waals surface area contributed by atoms with E-state index in [2.05, 4.69) is 5.32 Å². The zero-order valence-electron chi connectivity index (χ0n) is 12.1. The van der Waals surface area contributed by atoms with Gasteiger partial charge in [0.2, 0.25) is 5.91 Å². The van der Waals surface area contributed by atoms with Gasteiger partial charge in [-0.05, 0) is 19.3 Å². The second-order valence-electron chi connectivity index (χ2n) is 5.03. The highest BCUT2D eigenvalue weighted by atomic mass is 32.2. The van der Waals surface area contributed by atoms with Crippen LogP contribution >= 0.6 is 11.8 Å². The predicted molar refractivity (Wildman–Crippen MR) is 80.0 cm³/mol. The van der Waals surface area contributed by atoms with Crippen LogP contribution in [0.2, 0.25) is 0 Å². The molecule has 0 spiro atoms. The van der Waals surface area contributed by atoms with Crippen LogP contribution in [0.1, 0.15) is 45.4 Å². The van der Waals surface area contributed by atoms with Crippen LogP contribution in [0, 0.1) is 0 Å². The third-order valence-electron chi connectivity index (χ3n) is 3.34. The Balaban J connectivity index is 2.18. The molecule has 0 heterocycles. The first kappa shape index (κ1) is 17.3. The molecule has 0 aromatic carbocycles. The number of hydrogen-bond acceptors (Lipinski definition) is 4. The molecule has 1 aliphatic carbocycles. The molecule has 1 rings (SSSR count). The molecule has 2 N–H and O–H groups in total. The first-order valence-corrected chi connectivity index (χ1v) is 8.51. The molecule has 0 bridgehead atoms. The van der Waals surface area contributed by atoms with Crippen molar-refractivity contribution in [2.45, 2.75) is 57.7 Å². The van der Waals surface area contributed by atoms with Gasteiger partial charge in [-0.1, -0.05) is 26.2 Å². The number of carboxylic acid groups (broad SMARTS) is 1. The van der Waals surface area contributed by atoms with Crippen molar-refractivity contribution < 1.29 is 19.4 Å². The van der Waals surface area contributed by atoms with Crippen molar-refractivity contribution in [3.05, 3.63) is 0 Å². The van der Waals surface area contributed by atoms with Crippen molar-refractivity contribution in [2.24, 2.45) is 0 Å². The van der Waals surface area contributed by atoms with E-state index in [1.54, 1.807) is 0 Å². The van der Waals surface area contributed by atoms with E-state index in [0.29, 0.717) is 18.7 Å². The molecule has 5 nitrogen and oxygen atoms in total. The van der Waals surface area contributed by atoms with E-state index in [1.807, 2.05) is 6.92 Å². The highest BCUT2D eigenvalue weighted by molar-refractivity contribution is 7.99. The number of carboxylic acids is 1. The molecule has 1 amide bonds. The largest absolute Gasteiger partial charge is 0.481 e. The van der Waals surface area contributed by atoms with Gasteiger partial charge in [-0.25, -0.2) is 0 Å². The van der Waals surface area contributed by atoms with Crippen molar-refractivity contribution in [3.8, 4) is 0 Å². The zero-order chi connectivity index (χ0) is 14.8. The maximum atomic E-state index is 12.0. The quantitative estimate of drug-likeness (QED) is 0.638. The Morgan fingerprint density at radius 2 is 2.05 bits per heavy atom. The Labute approximate surface area is 124 Å². The van der Waals surface area contributed by atoms with Gasteiger partial charge >= 0.3 is 5.97 Å². The zero-order valence-corrected chi connectivity index (χ0v) is 12.9. The lowest BCUT2D eigenvalue weighted by atomic mass is 9.97. The second-order valence-corrected chi connectivity index (χ2v) is 6.14. The fourth-order valence-electron chi connectivity index (χ4n) is 2.30. The Bertz CT molecular complexity index is 306. The molecule has 1 saturated carbocycles. The van der Waals surface area contributed by atoms with Crippen LogP contribution in [0.25, 0.3) is 0 Å². The smallest absolute Gasteiger partial charge is 0.313 e. The number of amides is 1. The lowest BCUT2D eigenvalue weighted by molar-refractivity contribution is -0.138. The first-order valence-electron chi connectivity index (χ1n) is 7.36. The first-order chi connectivity index (χ1) is 9.63. The Hall–Kier alpha value is -0.750. The third-order valence-corrected chi connectivity index (χ3v) is 4.29. The van der Waals surface area contributed by atoms with Crippen molar-refractivity contribution in [2.75, 3.05) is 18.1 Å². The number of ether oxygens (including phenoxy) is 1. The molecule has 6 heteroatoms. The second kappa shape index (κ2) is 10.0. The Kier molecular flexibility index (Phi) is 8.69. The van der Waals surface area contributed by atoms with E-state index in [-0.39, 0.29) is 23.9 Å². The molecular weight excluding hydrogens is 278 g/mol. The molecule has 116 valence electrons. The standard InChI is InChI=1S/C14H25NO4S/c1-2-12(19-11-6-4-3-5-7-11)14(18)15-8-9-20-10-13(16)17/h11-12H,2-10H2,1H3,(H,15,18)(H,16,17). The highest BCUT2D eigenvalue weighted by Crippen LogP contribution is 2.22. The molecule has 0 saturated heterocycles. The number of rotatable bonds is 9. The van der Waals surface area contributed by atoms with Crippen LogP contribution < -0.4 is 5.32 Å². The van der Waals surface area contributed by atoms with Gasteiger partial charge < -0.3 is 15.2 Å². The highest BCUT2D eigenvalue weighted by Gasteiger charge is 2.22. The summed E-state index contributed by atoms with van der Waals surface area (Å²) in [7, 11) is 0. The number of nitrogens with one attached hydrogen (secondary N) is 1. The summed E-state index contributed by atoms with van der Waals surface area (Å²) in [4.78, 5) is 22.3. The topological polar surface area (TPSA) is 75.6 Å². The average Bonchev–Trinajstić information content (AvgIpc) is 2.45. The summed E-state index contributed by atoms with van der Waals surface area (Å²) in [5.41, 5.74) is 0. The van der Waals surface area contributed by atoms with Crippen LogP contribution in [0.3, 0.4) is 0 Å². The summed E-state index contributed by atoms with van der Waals surface area (Å²) in [5.74, 6) is -0.216. The van der Waals surface area contributed by atoms with Gasteiger partial charge in [0.25, 0.3) is 0 Å². The normalized spacial score (nSPS) is 17.6. The minimum Gasteiger partial charge on any atom is -0.481 e. The molecule has 0 aromatic heterocycles. The summed E-state index contributed by atoms with van der Waals surface area (Å²) in [6, 6.07) is 0. The summed E-state index contributed by atoms with van der Waals surface area (Å²) < 4.78 is 5.88. The number of carbonyl (C=O) groups is 2. The number of thioether (sulfide) groups is 1. The molecule has 1 unspecified atom stereocenters. The molecule has 1 aliphatic rings. The maximum absolute atomic E-state index is 12.0. The maximum Gasteiger partial charge on any atom is 0.313 e. The van der Waals surface area contributed by atoms with E-state index in [4.69, 9.17) is 9.84 Å². The van der Waals surface area contributed by atoms with Crippen molar-refractivity contribution >= 4 is 23.6 Å². The van der Waals surface area contributed by atoms with Gasteiger partial charge in [0.15, 0.2) is 0 Å². The number of carbonyl (C=O) groups excluding carboxylic acids is 1. The van der Waals surface area contributed by atoms with Crippen molar-refractivity contribution in [1.29, 1.82) is 0 Å². The van der Waals surface area contributed by atoms with Crippen molar-refractivity contribution in [3.63, 3.8) is 0 Å². The minimum absolute atomic E-state index is 0.0750. The minimum atomic E-state index is -0.826. The van der Waals surface area contributed by atoms with Crippen LogP contribution in [0.15, 0.2) is 0 Å². The lowest BCUT2D eigenvalue weighted by Crippen LogP contribution is -2.39. The summed E-state index contributed by atoms with van der Waals surface area (Å²) >= 11 is 1.30.